The molecule has 17 nitrogen and oxygen atoms in total. The van der Waals surface area contributed by atoms with E-state index in [1.807, 2.05) is 36.5 Å². The Morgan fingerprint density at radius 2 is 1.05 bits per heavy atom. The van der Waals surface area contributed by atoms with Crippen LogP contribution in [0, 0.1) is 0 Å². The molecule has 1 aliphatic rings. The number of ketones is 1. The van der Waals surface area contributed by atoms with Crippen LogP contribution in [0.15, 0.2) is 48.6 Å². The zero-order valence-corrected chi connectivity index (χ0v) is 39.7. The fourth-order valence-corrected chi connectivity index (χ4v) is 8.28. The number of hydrogen-bond acceptors (Lipinski definition) is 14. The highest BCUT2D eigenvalue weighted by molar-refractivity contribution is 7.47. The van der Waals surface area contributed by atoms with Gasteiger partial charge in [0.2, 0.25) is 0 Å². The van der Waals surface area contributed by atoms with Crippen molar-refractivity contribution in [1.29, 1.82) is 0 Å². The Hall–Kier alpha value is -2.37. The molecule has 7 N–H and O–H groups in total. The van der Waals surface area contributed by atoms with Crippen molar-refractivity contribution in [1.82, 2.24) is 0 Å². The molecular formula is C45H78O17P2. The molecule has 370 valence electrons. The molecule has 8 atom stereocenters. The van der Waals surface area contributed by atoms with Gasteiger partial charge in [-0.05, 0) is 44.6 Å². The van der Waals surface area contributed by atoms with Crippen LogP contribution >= 0.6 is 15.6 Å². The van der Waals surface area contributed by atoms with Crippen molar-refractivity contribution in [3.8, 4) is 0 Å². The first-order chi connectivity index (χ1) is 30.5. The predicted molar refractivity (Wildman–Crippen MR) is 242 cm³/mol. The molecule has 0 heterocycles. The maximum absolute atomic E-state index is 13.0. The van der Waals surface area contributed by atoms with Crippen LogP contribution in [0.2, 0.25) is 0 Å². The number of unbranched alkanes of at least 4 members (excludes halogenated alkanes) is 15. The van der Waals surface area contributed by atoms with Crippen molar-refractivity contribution in [2.75, 3.05) is 13.2 Å². The Morgan fingerprint density at radius 1 is 0.547 bits per heavy atom. The third-order valence-corrected chi connectivity index (χ3v) is 11.9. The molecule has 0 saturated heterocycles. The third kappa shape index (κ3) is 30.0. The van der Waals surface area contributed by atoms with Crippen LogP contribution in [0.25, 0.3) is 0 Å². The maximum Gasteiger partial charge on any atom is 0.472 e. The number of ether oxygens (including phenoxy) is 2. The summed E-state index contributed by atoms with van der Waals surface area (Å²) in [5.41, 5.74) is 0. The monoisotopic (exact) mass is 952 g/mol. The summed E-state index contributed by atoms with van der Waals surface area (Å²) in [5.74, 6) is -1.18. The van der Waals surface area contributed by atoms with Gasteiger partial charge in [0, 0.05) is 19.3 Å². The molecular weight excluding hydrogens is 874 g/mol. The van der Waals surface area contributed by atoms with E-state index in [1.165, 1.54) is 51.4 Å². The summed E-state index contributed by atoms with van der Waals surface area (Å²) < 4.78 is 49.2. The molecule has 0 aliphatic heterocycles. The van der Waals surface area contributed by atoms with Gasteiger partial charge in [0.05, 0.1) is 6.61 Å². The lowest BCUT2D eigenvalue weighted by atomic mass is 9.85. The van der Waals surface area contributed by atoms with E-state index in [9.17, 15) is 48.8 Å². The predicted octanol–water partition coefficient (Wildman–Crippen LogP) is 7.68. The fourth-order valence-electron chi connectivity index (χ4n) is 6.74. The Labute approximate surface area is 380 Å². The van der Waals surface area contributed by atoms with Crippen molar-refractivity contribution < 1.29 is 81.7 Å². The average molecular weight is 953 g/mol. The van der Waals surface area contributed by atoms with Gasteiger partial charge in [-0.1, -0.05) is 146 Å². The topological polar surface area (TPSA) is 273 Å². The van der Waals surface area contributed by atoms with Gasteiger partial charge in [-0.2, -0.15) is 0 Å². The average Bonchev–Trinajstić information content (AvgIpc) is 3.24. The zero-order chi connectivity index (χ0) is 47.6. The van der Waals surface area contributed by atoms with Crippen molar-refractivity contribution >= 4 is 33.4 Å². The van der Waals surface area contributed by atoms with Gasteiger partial charge in [-0.15, -0.1) is 0 Å². The second-order valence-corrected chi connectivity index (χ2v) is 18.8. The number of aliphatic hydroxyl groups excluding tert-OH is 4. The van der Waals surface area contributed by atoms with Gasteiger partial charge in [0.25, 0.3) is 0 Å². The lowest BCUT2D eigenvalue weighted by Crippen LogP contribution is -2.64. The molecule has 5 unspecified atom stereocenters. The molecule has 1 aliphatic carbocycles. The number of aliphatic hydroxyl groups is 4. The molecule has 0 aromatic heterocycles. The van der Waals surface area contributed by atoms with Crippen LogP contribution in [0.3, 0.4) is 0 Å². The standard InChI is InChI=1S/C45H78O17P2/c1-3-5-7-8-9-10-11-12-15-18-21-24-28-32-38(47)58-34-37(35-59-64(56,57)62-45-42(51)40(49)41(50)44(43(45)52)61-63(53,54)55)60-39(48)33-29-25-22-19-16-13-14-17-20-23-27-31-36(46)30-26-6-4-2/h13-14,19-20,22-23,27,31,37,40-45,49-52H,3-12,15-18,21,24-26,28-30,32-35H2,1-2H3,(H,56,57)(H2,53,54,55)/b14-13-,22-19-,23-20-,31-27+/t37-,40?,41?,42?,43?,44-,45+/m1/s1. The van der Waals surface area contributed by atoms with Crippen molar-refractivity contribution in [3.63, 3.8) is 0 Å². The first kappa shape index (κ1) is 59.6. The summed E-state index contributed by atoms with van der Waals surface area (Å²) in [4.78, 5) is 65.9. The van der Waals surface area contributed by atoms with Crippen LogP contribution in [0.4, 0.5) is 0 Å². The second-order valence-electron chi connectivity index (χ2n) is 16.2. The van der Waals surface area contributed by atoms with Gasteiger partial charge in [0.15, 0.2) is 11.9 Å². The van der Waals surface area contributed by atoms with E-state index in [0.29, 0.717) is 38.5 Å². The third-order valence-electron chi connectivity index (χ3n) is 10.4. The summed E-state index contributed by atoms with van der Waals surface area (Å²) in [5, 5.41) is 41.2. The van der Waals surface area contributed by atoms with Gasteiger partial charge in [0.1, 0.15) is 43.2 Å². The minimum Gasteiger partial charge on any atom is -0.462 e. The van der Waals surface area contributed by atoms with Gasteiger partial charge in [-0.3, -0.25) is 28.0 Å². The Morgan fingerprint density at radius 3 is 1.64 bits per heavy atom. The summed E-state index contributed by atoms with van der Waals surface area (Å²) in [6.45, 7) is 2.89. The maximum atomic E-state index is 13.0. The Bertz CT molecular complexity index is 1490. The number of esters is 2. The molecule has 0 spiro atoms. The number of carbonyl (C=O) groups excluding carboxylic acids is 3. The normalized spacial score (nSPS) is 22.1. The minimum atomic E-state index is -5.38. The van der Waals surface area contributed by atoms with Crippen LogP contribution in [0.5, 0.6) is 0 Å². The summed E-state index contributed by atoms with van der Waals surface area (Å²) in [6, 6.07) is 0. The summed E-state index contributed by atoms with van der Waals surface area (Å²) in [7, 11) is -10.7. The quantitative estimate of drug-likeness (QED) is 0.00780. The molecule has 64 heavy (non-hydrogen) atoms. The van der Waals surface area contributed by atoms with E-state index in [1.54, 1.807) is 12.2 Å². The van der Waals surface area contributed by atoms with E-state index < -0.39 is 83.5 Å². The molecule has 19 heteroatoms. The first-order valence-corrected chi connectivity index (χ1v) is 26.2. The second kappa shape index (κ2) is 35.8. The molecule has 0 radical (unpaired) electrons. The number of allylic oxidation sites excluding steroid dienone is 8. The number of hydrogen-bond donors (Lipinski definition) is 7. The van der Waals surface area contributed by atoms with Crippen LogP contribution in [-0.4, -0.2) is 109 Å². The zero-order valence-electron chi connectivity index (χ0n) is 37.9. The lowest BCUT2D eigenvalue weighted by molar-refractivity contribution is -0.216. The van der Waals surface area contributed by atoms with E-state index >= 15 is 0 Å². The molecule has 1 rings (SSSR count). The highest BCUT2D eigenvalue weighted by atomic mass is 31.2. The van der Waals surface area contributed by atoms with E-state index in [2.05, 4.69) is 18.4 Å². The first-order valence-electron chi connectivity index (χ1n) is 23.1. The van der Waals surface area contributed by atoms with Gasteiger partial charge >= 0.3 is 27.6 Å². The summed E-state index contributed by atoms with van der Waals surface area (Å²) >= 11 is 0. The fraction of sp³-hybridized carbons (Fsp3) is 0.756. The SMILES string of the molecule is CCCCCCCCCCCCCCCC(=O)OC[C@H](COP(=O)(O)O[C@H]1C(O)C(O)C(O)[C@@H](OP(=O)(O)O)C1O)OC(=O)CCC/C=C\C/C=C\C/C=C\C=C\C(=O)CCCCC. The highest BCUT2D eigenvalue weighted by Gasteiger charge is 2.54. The minimum absolute atomic E-state index is 0.0576. The number of phosphoric ester groups is 2. The van der Waals surface area contributed by atoms with E-state index in [4.69, 9.17) is 28.3 Å². The molecule has 0 aromatic carbocycles. The van der Waals surface area contributed by atoms with Gasteiger partial charge < -0.3 is 44.6 Å². The van der Waals surface area contributed by atoms with Crippen LogP contribution in [-0.2, 0) is 46.6 Å². The van der Waals surface area contributed by atoms with Crippen molar-refractivity contribution in [3.05, 3.63) is 48.6 Å². The van der Waals surface area contributed by atoms with Crippen LogP contribution in [0.1, 0.15) is 162 Å². The highest BCUT2D eigenvalue weighted by Crippen LogP contribution is 2.49. The van der Waals surface area contributed by atoms with E-state index in [0.717, 1.165) is 44.9 Å². The van der Waals surface area contributed by atoms with Crippen LogP contribution < -0.4 is 0 Å². The molecule has 0 aromatic rings. The lowest BCUT2D eigenvalue weighted by Gasteiger charge is -2.43. The molecule has 1 fully saturated rings. The number of phosphoric acid groups is 2. The molecule has 1 saturated carbocycles. The number of carbonyl (C=O) groups is 3. The van der Waals surface area contributed by atoms with E-state index in [-0.39, 0.29) is 18.6 Å². The summed E-state index contributed by atoms with van der Waals surface area (Å²) in [6.07, 6.45) is 20.6. The molecule has 0 bridgehead atoms. The Balaban J connectivity index is 2.67. The molecule has 0 amide bonds. The largest absolute Gasteiger partial charge is 0.472 e. The Kier molecular flexibility index (Phi) is 33.3. The van der Waals surface area contributed by atoms with Crippen molar-refractivity contribution in [2.45, 2.75) is 204 Å². The van der Waals surface area contributed by atoms with Crippen molar-refractivity contribution in [2.24, 2.45) is 0 Å². The van der Waals surface area contributed by atoms with Gasteiger partial charge in [-0.25, -0.2) is 9.13 Å². The smallest absolute Gasteiger partial charge is 0.462 e. The number of rotatable bonds is 38.